The Morgan fingerprint density at radius 3 is 2.74 bits per heavy atom. The number of carbonyl (C=O) groups is 1. The highest BCUT2D eigenvalue weighted by molar-refractivity contribution is 7.22. The number of thiophene rings is 1. The van der Waals surface area contributed by atoms with Gasteiger partial charge in [0.05, 0.1) is 15.1 Å². The van der Waals surface area contributed by atoms with Crippen molar-refractivity contribution in [2.24, 2.45) is 0 Å². The second-order valence-corrected chi connectivity index (χ2v) is 7.68. The van der Waals surface area contributed by atoms with E-state index >= 15 is 0 Å². The monoisotopic (exact) mass is 343 g/mol. The molecule has 6 heteroatoms. The lowest BCUT2D eigenvalue weighted by atomic mass is 10.2. The van der Waals surface area contributed by atoms with Crippen LogP contribution >= 0.6 is 22.7 Å². The van der Waals surface area contributed by atoms with Crippen molar-refractivity contribution in [3.63, 3.8) is 0 Å². The number of aryl methyl sites for hydroxylation is 1. The molecule has 0 spiro atoms. The number of thiazole rings is 1. The quantitative estimate of drug-likeness (QED) is 0.713. The van der Waals surface area contributed by atoms with Gasteiger partial charge in [0.1, 0.15) is 0 Å². The van der Waals surface area contributed by atoms with E-state index in [2.05, 4.69) is 30.0 Å². The van der Waals surface area contributed by atoms with Crippen molar-refractivity contribution < 1.29 is 4.79 Å². The van der Waals surface area contributed by atoms with Crippen LogP contribution in [0.25, 0.3) is 10.2 Å². The Labute approximate surface area is 143 Å². The first-order valence-corrected chi connectivity index (χ1v) is 9.35. The van der Waals surface area contributed by atoms with Crippen molar-refractivity contribution in [1.29, 1.82) is 0 Å². The van der Waals surface area contributed by atoms with Gasteiger partial charge in [0.25, 0.3) is 5.91 Å². The molecule has 118 valence electrons. The third-order valence-electron chi connectivity index (χ3n) is 4.10. The van der Waals surface area contributed by atoms with Crippen molar-refractivity contribution in [2.75, 3.05) is 31.1 Å². The van der Waals surface area contributed by atoms with Crippen LogP contribution in [0.1, 0.15) is 15.2 Å². The molecular formula is C17H17N3OS2. The lowest BCUT2D eigenvalue weighted by Crippen LogP contribution is -2.48. The van der Waals surface area contributed by atoms with Crippen LogP contribution in [0.2, 0.25) is 0 Å². The highest BCUT2D eigenvalue weighted by Gasteiger charge is 2.24. The average molecular weight is 343 g/mol. The summed E-state index contributed by atoms with van der Waals surface area (Å²) in [5.74, 6) is 0.152. The SMILES string of the molecule is Cc1ccc2nc(N3CCN(C(=O)c4cccs4)CC3)sc2c1. The zero-order valence-corrected chi connectivity index (χ0v) is 14.5. The number of piperazine rings is 1. The van der Waals surface area contributed by atoms with E-state index in [-0.39, 0.29) is 5.91 Å². The van der Waals surface area contributed by atoms with Crippen molar-refractivity contribution in [2.45, 2.75) is 6.92 Å². The largest absolute Gasteiger partial charge is 0.345 e. The number of fused-ring (bicyclic) bond motifs is 1. The Morgan fingerprint density at radius 2 is 2.00 bits per heavy atom. The topological polar surface area (TPSA) is 36.4 Å². The fourth-order valence-corrected chi connectivity index (χ4v) is 4.62. The summed E-state index contributed by atoms with van der Waals surface area (Å²) in [6, 6.07) is 10.2. The minimum Gasteiger partial charge on any atom is -0.345 e. The summed E-state index contributed by atoms with van der Waals surface area (Å²) in [7, 11) is 0. The molecule has 23 heavy (non-hydrogen) atoms. The Bertz CT molecular complexity index is 833. The summed E-state index contributed by atoms with van der Waals surface area (Å²) in [5.41, 5.74) is 2.33. The third-order valence-corrected chi connectivity index (χ3v) is 6.04. The van der Waals surface area contributed by atoms with Crippen molar-refractivity contribution >= 4 is 43.9 Å². The zero-order valence-electron chi connectivity index (χ0n) is 12.9. The highest BCUT2D eigenvalue weighted by atomic mass is 32.1. The second kappa shape index (κ2) is 5.94. The van der Waals surface area contributed by atoms with Gasteiger partial charge in [-0.2, -0.15) is 0 Å². The van der Waals surface area contributed by atoms with Crippen molar-refractivity contribution in [3.05, 3.63) is 46.2 Å². The number of nitrogens with zero attached hydrogens (tertiary/aromatic N) is 3. The van der Waals surface area contributed by atoms with E-state index < -0.39 is 0 Å². The molecule has 3 aromatic rings. The van der Waals surface area contributed by atoms with Gasteiger partial charge in [-0.05, 0) is 36.1 Å². The summed E-state index contributed by atoms with van der Waals surface area (Å²) in [4.78, 5) is 22.2. The Kier molecular flexibility index (Phi) is 3.79. The third kappa shape index (κ3) is 2.84. The predicted octanol–water partition coefficient (Wildman–Crippen LogP) is 3.63. The minimum absolute atomic E-state index is 0.152. The Morgan fingerprint density at radius 1 is 1.17 bits per heavy atom. The van der Waals surface area contributed by atoms with E-state index in [4.69, 9.17) is 4.98 Å². The summed E-state index contributed by atoms with van der Waals surface area (Å²) < 4.78 is 1.23. The van der Waals surface area contributed by atoms with Crippen LogP contribution < -0.4 is 4.90 Å². The number of hydrogen-bond donors (Lipinski definition) is 0. The van der Waals surface area contributed by atoms with E-state index in [1.54, 1.807) is 11.3 Å². The first kappa shape index (κ1) is 14.7. The van der Waals surface area contributed by atoms with Gasteiger partial charge in [0, 0.05) is 26.2 Å². The zero-order chi connectivity index (χ0) is 15.8. The maximum absolute atomic E-state index is 12.4. The van der Waals surface area contributed by atoms with Crippen LogP contribution in [0, 0.1) is 6.92 Å². The van der Waals surface area contributed by atoms with Crippen LogP contribution in [-0.2, 0) is 0 Å². The molecule has 1 amide bonds. The van der Waals surface area contributed by atoms with Crippen LogP contribution in [-0.4, -0.2) is 42.0 Å². The number of hydrogen-bond acceptors (Lipinski definition) is 5. The number of amides is 1. The number of anilines is 1. The van der Waals surface area contributed by atoms with Gasteiger partial charge in [-0.25, -0.2) is 4.98 Å². The second-order valence-electron chi connectivity index (χ2n) is 5.72. The van der Waals surface area contributed by atoms with Gasteiger partial charge in [-0.3, -0.25) is 4.79 Å². The van der Waals surface area contributed by atoms with E-state index in [1.807, 2.05) is 22.4 Å². The van der Waals surface area contributed by atoms with Gasteiger partial charge in [0.15, 0.2) is 5.13 Å². The highest BCUT2D eigenvalue weighted by Crippen LogP contribution is 2.30. The van der Waals surface area contributed by atoms with Crippen LogP contribution in [0.5, 0.6) is 0 Å². The standard InChI is InChI=1S/C17H17N3OS2/c1-12-4-5-13-15(11-12)23-17(18-13)20-8-6-19(7-9-20)16(21)14-3-2-10-22-14/h2-5,10-11H,6-9H2,1H3. The fourth-order valence-electron chi connectivity index (χ4n) is 2.81. The molecule has 1 saturated heterocycles. The van der Waals surface area contributed by atoms with Gasteiger partial charge < -0.3 is 9.80 Å². The number of benzene rings is 1. The molecule has 1 aromatic carbocycles. The molecule has 1 aliphatic heterocycles. The van der Waals surface area contributed by atoms with Crippen LogP contribution in [0.3, 0.4) is 0 Å². The van der Waals surface area contributed by atoms with E-state index in [0.717, 1.165) is 41.7 Å². The van der Waals surface area contributed by atoms with E-state index in [1.165, 1.54) is 21.6 Å². The number of rotatable bonds is 2. The van der Waals surface area contributed by atoms with Crippen molar-refractivity contribution in [3.8, 4) is 0 Å². The first-order valence-electron chi connectivity index (χ1n) is 7.65. The van der Waals surface area contributed by atoms with E-state index in [9.17, 15) is 4.79 Å². The summed E-state index contributed by atoms with van der Waals surface area (Å²) in [5, 5.41) is 3.01. The smallest absolute Gasteiger partial charge is 0.264 e. The first-order chi connectivity index (χ1) is 11.2. The molecule has 3 heterocycles. The molecule has 0 atom stereocenters. The lowest BCUT2D eigenvalue weighted by Gasteiger charge is -2.34. The minimum atomic E-state index is 0.152. The molecule has 4 rings (SSSR count). The molecule has 1 fully saturated rings. The Hall–Kier alpha value is -1.92. The summed E-state index contributed by atoms with van der Waals surface area (Å²) in [6.07, 6.45) is 0. The van der Waals surface area contributed by atoms with Crippen LogP contribution in [0.4, 0.5) is 5.13 Å². The average Bonchev–Trinajstić information content (AvgIpc) is 3.23. The number of aromatic nitrogens is 1. The normalized spacial score (nSPS) is 15.3. The molecule has 2 aromatic heterocycles. The van der Waals surface area contributed by atoms with Crippen LogP contribution in [0.15, 0.2) is 35.7 Å². The molecule has 0 bridgehead atoms. The molecule has 0 unspecified atom stereocenters. The molecule has 1 aliphatic rings. The van der Waals surface area contributed by atoms with Gasteiger partial charge >= 0.3 is 0 Å². The maximum Gasteiger partial charge on any atom is 0.264 e. The van der Waals surface area contributed by atoms with Gasteiger partial charge in [0.2, 0.25) is 0 Å². The molecule has 0 saturated carbocycles. The number of carbonyl (C=O) groups excluding carboxylic acids is 1. The fraction of sp³-hybridized carbons (Fsp3) is 0.294. The van der Waals surface area contributed by atoms with Crippen molar-refractivity contribution in [1.82, 2.24) is 9.88 Å². The molecule has 4 nitrogen and oxygen atoms in total. The lowest BCUT2D eigenvalue weighted by molar-refractivity contribution is 0.0751. The van der Waals surface area contributed by atoms with Gasteiger partial charge in [-0.15, -0.1) is 11.3 Å². The summed E-state index contributed by atoms with van der Waals surface area (Å²) in [6.45, 7) is 5.30. The molecule has 0 radical (unpaired) electrons. The molecular weight excluding hydrogens is 326 g/mol. The molecule has 0 aliphatic carbocycles. The maximum atomic E-state index is 12.4. The Balaban J connectivity index is 1.47. The predicted molar refractivity (Wildman–Crippen MR) is 96.8 cm³/mol. The van der Waals surface area contributed by atoms with Gasteiger partial charge in [-0.1, -0.05) is 23.5 Å². The van der Waals surface area contributed by atoms with E-state index in [0.29, 0.717) is 0 Å². The molecule has 0 N–H and O–H groups in total. The summed E-state index contributed by atoms with van der Waals surface area (Å²) >= 11 is 3.25.